The summed E-state index contributed by atoms with van der Waals surface area (Å²) >= 11 is 0.882. The normalized spacial score (nSPS) is 10.3. The Morgan fingerprint density at radius 2 is 1.90 bits per heavy atom. The van der Waals surface area contributed by atoms with E-state index in [0.717, 1.165) is 36.0 Å². The summed E-state index contributed by atoms with van der Waals surface area (Å²) in [6.07, 6.45) is 0.351. The van der Waals surface area contributed by atoms with E-state index in [2.05, 4.69) is 0 Å². The van der Waals surface area contributed by atoms with Crippen LogP contribution in [0.25, 0.3) is 0 Å². The number of nitro benzene ring substituents is 1. The van der Waals surface area contributed by atoms with Crippen molar-refractivity contribution in [2.45, 2.75) is 9.79 Å². The largest absolute Gasteiger partial charge is 0.298 e. The smallest absolute Gasteiger partial charge is 0.279 e. The lowest BCUT2D eigenvalue weighted by Gasteiger charge is -2.04. The van der Waals surface area contributed by atoms with Gasteiger partial charge in [0.25, 0.3) is 5.69 Å². The molecule has 0 saturated heterocycles. The average Bonchev–Trinajstić information content (AvgIpc) is 2.42. The third kappa shape index (κ3) is 3.00. The van der Waals surface area contributed by atoms with Crippen LogP contribution in [0.5, 0.6) is 0 Å². The molecule has 0 spiro atoms. The van der Waals surface area contributed by atoms with E-state index < -0.39 is 16.6 Å². The number of carbonyl (C=O) groups is 1. The van der Waals surface area contributed by atoms with Crippen LogP contribution < -0.4 is 0 Å². The van der Waals surface area contributed by atoms with Crippen molar-refractivity contribution in [2.75, 3.05) is 0 Å². The maximum Gasteiger partial charge on any atom is 0.279 e. The van der Waals surface area contributed by atoms with Gasteiger partial charge in [0.2, 0.25) is 0 Å². The van der Waals surface area contributed by atoms with Crippen molar-refractivity contribution < 1.29 is 18.5 Å². The van der Waals surface area contributed by atoms with Gasteiger partial charge in [0, 0.05) is 11.0 Å². The monoisotopic (exact) mass is 295 g/mol. The van der Waals surface area contributed by atoms with Crippen LogP contribution in [0.3, 0.4) is 0 Å². The van der Waals surface area contributed by atoms with Crippen molar-refractivity contribution in [2.24, 2.45) is 0 Å². The quantitative estimate of drug-likeness (QED) is 0.488. The summed E-state index contributed by atoms with van der Waals surface area (Å²) in [6, 6.07) is 6.79. The van der Waals surface area contributed by atoms with E-state index in [1.807, 2.05) is 0 Å². The Morgan fingerprint density at radius 1 is 1.15 bits per heavy atom. The standard InChI is InChI=1S/C13H7F2NO3S/c14-9-1-3-11(15)13(6-9)20-10-2-4-12(16(18)19)8(5-10)7-17/h1-7H. The van der Waals surface area contributed by atoms with Crippen LogP contribution >= 0.6 is 11.8 Å². The molecule has 0 saturated carbocycles. The van der Waals surface area contributed by atoms with E-state index in [9.17, 15) is 23.7 Å². The van der Waals surface area contributed by atoms with Gasteiger partial charge in [-0.3, -0.25) is 14.9 Å². The predicted molar refractivity (Wildman–Crippen MR) is 69.0 cm³/mol. The van der Waals surface area contributed by atoms with Gasteiger partial charge >= 0.3 is 0 Å². The van der Waals surface area contributed by atoms with Crippen LogP contribution in [0.4, 0.5) is 14.5 Å². The van der Waals surface area contributed by atoms with Crippen molar-refractivity contribution in [1.82, 2.24) is 0 Å². The first-order valence-electron chi connectivity index (χ1n) is 5.38. The molecule has 2 aromatic carbocycles. The molecule has 0 fully saturated rings. The number of nitro groups is 1. The predicted octanol–water partition coefficient (Wildman–Crippen LogP) is 3.84. The fourth-order valence-electron chi connectivity index (χ4n) is 1.54. The summed E-state index contributed by atoms with van der Waals surface area (Å²) in [4.78, 5) is 21.3. The highest BCUT2D eigenvalue weighted by molar-refractivity contribution is 7.99. The zero-order valence-corrected chi connectivity index (χ0v) is 10.7. The lowest BCUT2D eigenvalue weighted by atomic mass is 10.2. The number of benzene rings is 2. The summed E-state index contributed by atoms with van der Waals surface area (Å²) in [6.45, 7) is 0. The molecule has 0 aliphatic heterocycles. The van der Waals surface area contributed by atoms with Gasteiger partial charge in [0.05, 0.1) is 15.4 Å². The van der Waals surface area contributed by atoms with Crippen molar-refractivity contribution in [3.63, 3.8) is 0 Å². The third-order valence-corrected chi connectivity index (χ3v) is 3.47. The van der Waals surface area contributed by atoms with Gasteiger partial charge in [0.15, 0.2) is 6.29 Å². The maximum atomic E-state index is 13.5. The molecule has 0 radical (unpaired) electrons. The number of hydrogen-bond acceptors (Lipinski definition) is 4. The number of halogens is 2. The van der Waals surface area contributed by atoms with Gasteiger partial charge in [-0.15, -0.1) is 0 Å². The van der Waals surface area contributed by atoms with Gasteiger partial charge in [-0.25, -0.2) is 8.78 Å². The molecule has 20 heavy (non-hydrogen) atoms. The van der Waals surface area contributed by atoms with Crippen molar-refractivity contribution >= 4 is 23.7 Å². The number of aldehydes is 1. The topological polar surface area (TPSA) is 60.2 Å². The van der Waals surface area contributed by atoms with Crippen molar-refractivity contribution in [1.29, 1.82) is 0 Å². The molecule has 0 aliphatic rings. The van der Waals surface area contributed by atoms with Crippen LogP contribution in [0.1, 0.15) is 10.4 Å². The van der Waals surface area contributed by atoms with E-state index in [1.165, 1.54) is 12.1 Å². The van der Waals surface area contributed by atoms with Crippen LogP contribution in [0.15, 0.2) is 46.2 Å². The van der Waals surface area contributed by atoms with Gasteiger partial charge in [0.1, 0.15) is 11.6 Å². The molecule has 0 bridgehead atoms. The third-order valence-electron chi connectivity index (χ3n) is 2.44. The fourth-order valence-corrected chi connectivity index (χ4v) is 2.45. The highest BCUT2D eigenvalue weighted by Crippen LogP contribution is 2.32. The van der Waals surface area contributed by atoms with E-state index in [4.69, 9.17) is 0 Å². The Labute approximate surface area is 116 Å². The zero-order chi connectivity index (χ0) is 14.7. The van der Waals surface area contributed by atoms with Crippen LogP contribution in [0, 0.1) is 21.7 Å². The van der Waals surface area contributed by atoms with E-state index in [-0.39, 0.29) is 16.1 Å². The molecular weight excluding hydrogens is 288 g/mol. The van der Waals surface area contributed by atoms with Crippen LogP contribution in [0.2, 0.25) is 0 Å². The Balaban J connectivity index is 2.37. The Hall–Kier alpha value is -2.28. The Morgan fingerprint density at radius 3 is 2.55 bits per heavy atom. The molecule has 0 heterocycles. The highest BCUT2D eigenvalue weighted by Gasteiger charge is 2.14. The lowest BCUT2D eigenvalue weighted by Crippen LogP contribution is -1.94. The Bertz CT molecular complexity index is 691. The first-order chi connectivity index (χ1) is 9.51. The number of carbonyl (C=O) groups excluding carboxylic acids is 1. The minimum atomic E-state index is -0.680. The molecule has 4 nitrogen and oxygen atoms in total. The minimum Gasteiger partial charge on any atom is -0.298 e. The van der Waals surface area contributed by atoms with Crippen molar-refractivity contribution in [3.05, 3.63) is 63.7 Å². The molecule has 0 aromatic heterocycles. The SMILES string of the molecule is O=Cc1cc(Sc2cc(F)ccc2F)ccc1[N+](=O)[O-]. The Kier molecular flexibility index (Phi) is 4.09. The molecule has 7 heteroatoms. The molecule has 2 aromatic rings. The summed E-state index contributed by atoms with van der Waals surface area (Å²) < 4.78 is 26.5. The number of rotatable bonds is 4. The number of nitrogens with zero attached hydrogens (tertiary/aromatic N) is 1. The van der Waals surface area contributed by atoms with E-state index in [1.54, 1.807) is 0 Å². The van der Waals surface area contributed by atoms with Crippen molar-refractivity contribution in [3.8, 4) is 0 Å². The minimum absolute atomic E-state index is 0.0377. The maximum absolute atomic E-state index is 13.5. The molecule has 0 N–H and O–H groups in total. The second-order valence-corrected chi connectivity index (χ2v) is 4.89. The summed E-state index contributed by atoms with van der Waals surface area (Å²) in [7, 11) is 0. The fraction of sp³-hybridized carbons (Fsp3) is 0. The van der Waals surface area contributed by atoms with Crippen LogP contribution in [-0.4, -0.2) is 11.2 Å². The first-order valence-corrected chi connectivity index (χ1v) is 6.19. The lowest BCUT2D eigenvalue weighted by molar-refractivity contribution is -0.385. The van der Waals surface area contributed by atoms with E-state index >= 15 is 0 Å². The van der Waals surface area contributed by atoms with Crippen LogP contribution in [-0.2, 0) is 0 Å². The zero-order valence-electron chi connectivity index (χ0n) is 9.88. The average molecular weight is 295 g/mol. The summed E-state index contributed by atoms with van der Waals surface area (Å²) in [5.41, 5.74) is -0.444. The van der Waals surface area contributed by atoms with Gasteiger partial charge in [-0.2, -0.15) is 0 Å². The van der Waals surface area contributed by atoms with Gasteiger partial charge < -0.3 is 0 Å². The molecular formula is C13H7F2NO3S. The molecule has 0 atom stereocenters. The summed E-state index contributed by atoms with van der Waals surface area (Å²) in [5, 5.41) is 10.7. The van der Waals surface area contributed by atoms with Gasteiger partial charge in [-0.1, -0.05) is 11.8 Å². The highest BCUT2D eigenvalue weighted by atomic mass is 32.2. The second kappa shape index (κ2) is 5.79. The molecule has 0 aliphatic carbocycles. The van der Waals surface area contributed by atoms with E-state index in [0.29, 0.717) is 11.2 Å². The summed E-state index contributed by atoms with van der Waals surface area (Å²) in [5.74, 6) is -1.20. The second-order valence-electron chi connectivity index (χ2n) is 3.77. The molecule has 0 amide bonds. The molecule has 102 valence electrons. The first kappa shape index (κ1) is 14.1. The molecule has 2 rings (SSSR count). The van der Waals surface area contributed by atoms with Gasteiger partial charge in [-0.05, 0) is 30.3 Å². The number of hydrogen-bond donors (Lipinski definition) is 0. The molecule has 0 unspecified atom stereocenters.